The molecule has 1 rings (SSSR count). The summed E-state index contributed by atoms with van der Waals surface area (Å²) in [6.07, 6.45) is -1.62. The number of carbonyl (C=O) groups excluding carboxylic acids is 3. The van der Waals surface area contributed by atoms with E-state index in [0.29, 0.717) is 0 Å². The molecule has 1 aromatic heterocycles. The van der Waals surface area contributed by atoms with Crippen LogP contribution in [0.5, 0.6) is 0 Å². The van der Waals surface area contributed by atoms with Crippen molar-refractivity contribution in [2.24, 2.45) is 11.5 Å². The van der Waals surface area contributed by atoms with E-state index in [4.69, 9.17) is 21.1 Å². The van der Waals surface area contributed by atoms with Crippen molar-refractivity contribution in [2.45, 2.75) is 37.6 Å². The minimum atomic E-state index is -1.34. The molecule has 26 heavy (non-hydrogen) atoms. The standard InChI is InChI=1S/C13H22N6O7/c1-5(21)9(12(23)25-2)17-13(24)16-7(3-8(15)22)11-18-10(19-26-11)6(14)4-20/h5-7,9,20-21H,3-4,14H2,1-2H3,(H2,15,22)(H2,16,17,24)/t5?,6-,7-,9?/m0/s1. The predicted molar refractivity (Wildman–Crippen MR) is 84.0 cm³/mol. The van der Waals surface area contributed by atoms with E-state index >= 15 is 0 Å². The summed E-state index contributed by atoms with van der Waals surface area (Å²) >= 11 is 0. The van der Waals surface area contributed by atoms with Crippen LogP contribution in [0.15, 0.2) is 4.52 Å². The molecular formula is C13H22N6O7. The van der Waals surface area contributed by atoms with Gasteiger partial charge in [0.2, 0.25) is 11.8 Å². The number of nitrogens with two attached hydrogens (primary N) is 2. The van der Waals surface area contributed by atoms with Crippen LogP contribution in [0, 0.1) is 0 Å². The molecule has 0 fully saturated rings. The molecule has 146 valence electrons. The van der Waals surface area contributed by atoms with Crippen molar-refractivity contribution < 1.29 is 33.9 Å². The first kappa shape index (κ1) is 21.3. The topological polar surface area (TPSA) is 216 Å². The third kappa shape index (κ3) is 5.94. The largest absolute Gasteiger partial charge is 0.467 e. The summed E-state index contributed by atoms with van der Waals surface area (Å²) in [5, 5.41) is 26.6. The molecule has 0 radical (unpaired) electrons. The minimum absolute atomic E-state index is 0.0319. The molecule has 13 heteroatoms. The zero-order valence-corrected chi connectivity index (χ0v) is 14.2. The van der Waals surface area contributed by atoms with Crippen molar-refractivity contribution in [1.29, 1.82) is 0 Å². The van der Waals surface area contributed by atoms with Crippen molar-refractivity contribution in [2.75, 3.05) is 13.7 Å². The lowest BCUT2D eigenvalue weighted by atomic mass is 10.2. The highest BCUT2D eigenvalue weighted by atomic mass is 16.5. The van der Waals surface area contributed by atoms with Crippen LogP contribution < -0.4 is 22.1 Å². The molecule has 1 heterocycles. The Morgan fingerprint density at radius 1 is 1.35 bits per heavy atom. The quantitative estimate of drug-likeness (QED) is 0.244. The van der Waals surface area contributed by atoms with Crippen molar-refractivity contribution >= 4 is 17.9 Å². The van der Waals surface area contributed by atoms with Crippen LogP contribution >= 0.6 is 0 Å². The number of aliphatic hydroxyl groups excluding tert-OH is 2. The molecule has 0 saturated carbocycles. The first-order valence-electron chi connectivity index (χ1n) is 7.50. The fourth-order valence-electron chi connectivity index (χ4n) is 1.87. The number of hydrogen-bond acceptors (Lipinski definition) is 10. The van der Waals surface area contributed by atoms with E-state index in [2.05, 4.69) is 25.5 Å². The van der Waals surface area contributed by atoms with Crippen LogP contribution in [-0.4, -0.2) is 64.1 Å². The number of primary amides is 1. The van der Waals surface area contributed by atoms with Gasteiger partial charge in [0.15, 0.2) is 11.9 Å². The molecule has 0 spiro atoms. The van der Waals surface area contributed by atoms with Gasteiger partial charge in [0.25, 0.3) is 0 Å². The monoisotopic (exact) mass is 374 g/mol. The molecule has 13 nitrogen and oxygen atoms in total. The van der Waals surface area contributed by atoms with Crippen LogP contribution in [0.4, 0.5) is 4.79 Å². The summed E-state index contributed by atoms with van der Waals surface area (Å²) in [7, 11) is 1.09. The molecular weight excluding hydrogens is 352 g/mol. The molecule has 0 aliphatic rings. The average Bonchev–Trinajstić information content (AvgIpc) is 3.07. The zero-order chi connectivity index (χ0) is 19.9. The molecule has 8 N–H and O–H groups in total. The van der Waals surface area contributed by atoms with Crippen LogP contribution in [0.3, 0.4) is 0 Å². The van der Waals surface area contributed by atoms with E-state index in [0.717, 1.165) is 7.11 Å². The molecule has 0 aromatic carbocycles. The molecule has 0 aliphatic carbocycles. The summed E-state index contributed by atoms with van der Waals surface area (Å²) in [4.78, 5) is 38.8. The third-order valence-electron chi connectivity index (χ3n) is 3.22. The maximum absolute atomic E-state index is 12.1. The Kier molecular flexibility index (Phi) is 7.89. The second-order valence-electron chi connectivity index (χ2n) is 5.36. The normalized spacial score (nSPS) is 15.4. The Labute approximate surface area is 148 Å². The fraction of sp³-hybridized carbons (Fsp3) is 0.615. The Bertz CT molecular complexity index is 634. The summed E-state index contributed by atoms with van der Waals surface area (Å²) in [6.45, 7) is 0.839. The number of urea groups is 1. The van der Waals surface area contributed by atoms with Crippen molar-refractivity contribution in [1.82, 2.24) is 20.8 Å². The second-order valence-corrected chi connectivity index (χ2v) is 5.36. The lowest BCUT2D eigenvalue weighted by Gasteiger charge is -2.21. The number of methoxy groups -OCH3 is 1. The number of nitrogens with one attached hydrogen (secondary N) is 2. The summed E-state index contributed by atoms with van der Waals surface area (Å²) in [6, 6.07) is -4.28. The van der Waals surface area contributed by atoms with Gasteiger partial charge in [-0.05, 0) is 6.92 Å². The van der Waals surface area contributed by atoms with E-state index in [1.54, 1.807) is 0 Å². The van der Waals surface area contributed by atoms with Gasteiger partial charge in [-0.25, -0.2) is 9.59 Å². The lowest BCUT2D eigenvalue weighted by molar-refractivity contribution is -0.145. The zero-order valence-electron chi connectivity index (χ0n) is 14.2. The van der Waals surface area contributed by atoms with Crippen molar-refractivity contribution in [3.63, 3.8) is 0 Å². The highest BCUT2D eigenvalue weighted by molar-refractivity contribution is 5.84. The number of esters is 1. The van der Waals surface area contributed by atoms with Crippen LogP contribution in [0.1, 0.15) is 37.1 Å². The van der Waals surface area contributed by atoms with E-state index in [1.807, 2.05) is 0 Å². The van der Waals surface area contributed by atoms with Gasteiger partial charge in [0, 0.05) is 0 Å². The lowest BCUT2D eigenvalue weighted by Crippen LogP contribution is -2.52. The number of carbonyl (C=O) groups is 3. The highest BCUT2D eigenvalue weighted by Crippen LogP contribution is 2.16. The van der Waals surface area contributed by atoms with E-state index < -0.39 is 48.7 Å². The molecule has 0 aliphatic heterocycles. The van der Waals surface area contributed by atoms with E-state index in [1.165, 1.54) is 6.92 Å². The molecule has 0 saturated heterocycles. The summed E-state index contributed by atoms with van der Waals surface area (Å²) < 4.78 is 9.41. The SMILES string of the molecule is COC(=O)C(NC(=O)N[C@@H](CC(N)=O)c1nc([C@@H](N)CO)no1)C(C)O. The average molecular weight is 374 g/mol. The number of aromatic nitrogens is 2. The number of amides is 3. The third-order valence-corrected chi connectivity index (χ3v) is 3.22. The molecule has 3 amide bonds. The van der Waals surface area contributed by atoms with E-state index in [9.17, 15) is 19.5 Å². The van der Waals surface area contributed by atoms with Gasteiger partial charge < -0.3 is 41.6 Å². The minimum Gasteiger partial charge on any atom is -0.467 e. The summed E-state index contributed by atoms with van der Waals surface area (Å²) in [5.74, 6) is -1.85. The molecule has 4 atom stereocenters. The number of ether oxygens (including phenoxy) is 1. The van der Waals surface area contributed by atoms with Gasteiger partial charge in [-0.15, -0.1) is 0 Å². The number of aliphatic hydroxyl groups is 2. The second kappa shape index (κ2) is 9.65. The summed E-state index contributed by atoms with van der Waals surface area (Å²) in [5.41, 5.74) is 10.7. The first-order chi connectivity index (χ1) is 12.2. The smallest absolute Gasteiger partial charge is 0.331 e. The molecule has 1 aromatic rings. The number of nitrogens with zero attached hydrogens (tertiary/aromatic N) is 2. The first-order valence-corrected chi connectivity index (χ1v) is 7.50. The van der Waals surface area contributed by atoms with Gasteiger partial charge >= 0.3 is 12.0 Å². The Morgan fingerprint density at radius 2 is 2.00 bits per heavy atom. The molecule has 2 unspecified atom stereocenters. The van der Waals surface area contributed by atoms with Crippen LogP contribution in [0.2, 0.25) is 0 Å². The van der Waals surface area contributed by atoms with Gasteiger partial charge in [0.1, 0.15) is 6.04 Å². The fourth-order valence-corrected chi connectivity index (χ4v) is 1.87. The maximum Gasteiger partial charge on any atom is 0.331 e. The number of hydrogen-bond donors (Lipinski definition) is 6. The van der Waals surface area contributed by atoms with Crippen LogP contribution in [-0.2, 0) is 14.3 Å². The molecule has 0 bridgehead atoms. The Morgan fingerprint density at radius 3 is 2.50 bits per heavy atom. The van der Waals surface area contributed by atoms with Crippen molar-refractivity contribution in [3.05, 3.63) is 11.7 Å². The van der Waals surface area contributed by atoms with Crippen molar-refractivity contribution in [3.8, 4) is 0 Å². The van der Waals surface area contributed by atoms with Gasteiger partial charge in [0.05, 0.1) is 32.3 Å². The Balaban J connectivity index is 2.90. The van der Waals surface area contributed by atoms with Gasteiger partial charge in [-0.3, -0.25) is 4.79 Å². The number of rotatable bonds is 9. The Hall–Kier alpha value is -2.77. The highest BCUT2D eigenvalue weighted by Gasteiger charge is 2.29. The van der Waals surface area contributed by atoms with E-state index in [-0.39, 0.29) is 18.1 Å². The van der Waals surface area contributed by atoms with Gasteiger partial charge in [-0.1, -0.05) is 5.16 Å². The van der Waals surface area contributed by atoms with Gasteiger partial charge in [-0.2, -0.15) is 4.98 Å². The predicted octanol–water partition coefficient (Wildman–Crippen LogP) is -2.80. The maximum atomic E-state index is 12.1. The van der Waals surface area contributed by atoms with Crippen LogP contribution in [0.25, 0.3) is 0 Å².